The van der Waals surface area contributed by atoms with E-state index in [1.165, 1.54) is 10.9 Å². The van der Waals surface area contributed by atoms with Crippen molar-refractivity contribution >= 4 is 10.8 Å². The third-order valence-electron chi connectivity index (χ3n) is 2.28. The van der Waals surface area contributed by atoms with E-state index < -0.39 is 0 Å². The zero-order chi connectivity index (χ0) is 10.5. The van der Waals surface area contributed by atoms with Crippen LogP contribution in [0.2, 0.25) is 0 Å². The van der Waals surface area contributed by atoms with E-state index in [9.17, 15) is 0 Å². The molecule has 0 unspecified atom stereocenters. The average molecular weight is 202 g/mol. The van der Waals surface area contributed by atoms with Gasteiger partial charge in [-0.05, 0) is 23.9 Å². The second-order valence-corrected chi connectivity index (χ2v) is 3.27. The average Bonchev–Trinajstić information content (AvgIpc) is 2.30. The van der Waals surface area contributed by atoms with Crippen molar-refractivity contribution in [1.82, 2.24) is 10.5 Å². The molecule has 1 N–H and O–H groups in total. The third-order valence-corrected chi connectivity index (χ3v) is 2.28. The van der Waals surface area contributed by atoms with Gasteiger partial charge in [0.25, 0.3) is 0 Å². The molecule has 0 saturated carbocycles. The van der Waals surface area contributed by atoms with Crippen LogP contribution in [0.3, 0.4) is 0 Å². The smallest absolute Gasteiger partial charge is 0.0654 e. The summed E-state index contributed by atoms with van der Waals surface area (Å²) in [5, 5.41) is 2.38. The number of nitrogens with zero attached hydrogens (tertiary/aromatic N) is 1. The third kappa shape index (κ3) is 2.32. The van der Waals surface area contributed by atoms with Crippen LogP contribution in [0.15, 0.2) is 36.7 Å². The Morgan fingerprint density at radius 3 is 3.13 bits per heavy atom. The van der Waals surface area contributed by atoms with Gasteiger partial charge in [-0.2, -0.15) is 5.48 Å². The summed E-state index contributed by atoms with van der Waals surface area (Å²) in [5.74, 6) is 0. The first-order chi connectivity index (χ1) is 7.42. The van der Waals surface area contributed by atoms with Crippen molar-refractivity contribution in [3.8, 4) is 0 Å². The summed E-state index contributed by atoms with van der Waals surface area (Å²) in [6.45, 7) is 3.35. The lowest BCUT2D eigenvalue weighted by molar-refractivity contribution is 0.0466. The van der Waals surface area contributed by atoms with Crippen molar-refractivity contribution in [2.45, 2.75) is 13.5 Å². The quantitative estimate of drug-likeness (QED) is 0.610. The van der Waals surface area contributed by atoms with Crippen molar-refractivity contribution in [2.75, 3.05) is 6.61 Å². The SMILES string of the molecule is CCONCc1cccc2cnccc12. The summed E-state index contributed by atoms with van der Waals surface area (Å²) >= 11 is 0. The maximum atomic E-state index is 5.12. The number of nitrogens with one attached hydrogen (secondary N) is 1. The van der Waals surface area contributed by atoms with Crippen molar-refractivity contribution in [2.24, 2.45) is 0 Å². The summed E-state index contributed by atoms with van der Waals surface area (Å²) in [5.41, 5.74) is 4.15. The van der Waals surface area contributed by atoms with Gasteiger partial charge in [0.05, 0.1) is 6.61 Å². The number of rotatable bonds is 4. The summed E-state index contributed by atoms with van der Waals surface area (Å²) < 4.78 is 0. The largest absolute Gasteiger partial charge is 0.302 e. The van der Waals surface area contributed by atoms with E-state index in [0.717, 1.165) is 11.9 Å². The first kappa shape index (κ1) is 10.1. The van der Waals surface area contributed by atoms with Crippen molar-refractivity contribution in [1.29, 1.82) is 0 Å². The number of pyridine rings is 1. The molecule has 0 saturated heterocycles. The molecule has 1 aromatic carbocycles. The van der Waals surface area contributed by atoms with Gasteiger partial charge in [0.15, 0.2) is 0 Å². The van der Waals surface area contributed by atoms with Crippen LogP contribution < -0.4 is 5.48 Å². The first-order valence-electron chi connectivity index (χ1n) is 5.08. The van der Waals surface area contributed by atoms with Gasteiger partial charge in [-0.1, -0.05) is 18.2 Å². The molecular formula is C12H14N2O. The minimum absolute atomic E-state index is 0.673. The van der Waals surface area contributed by atoms with Gasteiger partial charge < -0.3 is 4.84 Å². The van der Waals surface area contributed by atoms with Gasteiger partial charge >= 0.3 is 0 Å². The highest BCUT2D eigenvalue weighted by atomic mass is 16.6. The summed E-state index contributed by atoms with van der Waals surface area (Å²) in [4.78, 5) is 9.22. The van der Waals surface area contributed by atoms with Gasteiger partial charge in [0, 0.05) is 24.3 Å². The van der Waals surface area contributed by atoms with E-state index in [4.69, 9.17) is 4.84 Å². The Labute approximate surface area is 89.0 Å². The first-order valence-corrected chi connectivity index (χ1v) is 5.08. The zero-order valence-corrected chi connectivity index (χ0v) is 8.73. The molecule has 0 spiro atoms. The number of hydrogen-bond acceptors (Lipinski definition) is 3. The summed E-state index contributed by atoms with van der Waals surface area (Å²) in [6, 6.07) is 8.21. The Morgan fingerprint density at radius 1 is 1.33 bits per heavy atom. The molecule has 0 amide bonds. The van der Waals surface area contributed by atoms with Crippen LogP contribution in [-0.2, 0) is 11.4 Å². The van der Waals surface area contributed by atoms with Crippen LogP contribution in [-0.4, -0.2) is 11.6 Å². The van der Waals surface area contributed by atoms with Crippen LogP contribution in [0.25, 0.3) is 10.8 Å². The lowest BCUT2D eigenvalue weighted by Gasteiger charge is -2.06. The lowest BCUT2D eigenvalue weighted by Crippen LogP contribution is -2.13. The number of aromatic nitrogens is 1. The molecule has 0 aliphatic rings. The van der Waals surface area contributed by atoms with E-state index in [2.05, 4.69) is 22.6 Å². The van der Waals surface area contributed by atoms with Crippen LogP contribution in [0.5, 0.6) is 0 Å². The molecule has 0 atom stereocenters. The monoisotopic (exact) mass is 202 g/mol. The van der Waals surface area contributed by atoms with E-state index in [-0.39, 0.29) is 0 Å². The molecule has 0 aliphatic heterocycles. The highest BCUT2D eigenvalue weighted by molar-refractivity contribution is 5.84. The van der Waals surface area contributed by atoms with Crippen LogP contribution in [0.4, 0.5) is 0 Å². The molecule has 78 valence electrons. The molecule has 2 rings (SSSR count). The molecule has 0 aliphatic carbocycles. The number of hydrogen-bond donors (Lipinski definition) is 1. The molecule has 0 fully saturated rings. The van der Waals surface area contributed by atoms with E-state index in [0.29, 0.717) is 6.61 Å². The summed E-state index contributed by atoms with van der Waals surface area (Å²) in [6.07, 6.45) is 3.69. The van der Waals surface area contributed by atoms with Gasteiger partial charge in [-0.15, -0.1) is 0 Å². The molecule has 1 heterocycles. The van der Waals surface area contributed by atoms with E-state index in [1.807, 2.05) is 31.5 Å². The zero-order valence-electron chi connectivity index (χ0n) is 8.73. The Hall–Kier alpha value is -1.45. The Bertz CT molecular complexity index is 437. The highest BCUT2D eigenvalue weighted by Gasteiger charge is 1.99. The standard InChI is InChI=1S/C12H14N2O/c1-2-15-14-9-11-5-3-4-10-8-13-7-6-12(10)11/h3-8,14H,2,9H2,1H3. The molecule has 3 nitrogen and oxygen atoms in total. The second kappa shape index (κ2) is 4.87. The van der Waals surface area contributed by atoms with E-state index >= 15 is 0 Å². The molecule has 15 heavy (non-hydrogen) atoms. The Balaban J connectivity index is 2.26. The van der Waals surface area contributed by atoms with E-state index in [1.54, 1.807) is 0 Å². The predicted octanol–water partition coefficient (Wildman–Crippen LogP) is 2.28. The lowest BCUT2D eigenvalue weighted by atomic mass is 10.1. The molecule has 1 aromatic heterocycles. The molecule has 3 heteroatoms. The number of hydroxylamine groups is 1. The molecular weight excluding hydrogens is 188 g/mol. The maximum absolute atomic E-state index is 5.12. The van der Waals surface area contributed by atoms with Gasteiger partial charge in [-0.25, -0.2) is 0 Å². The topological polar surface area (TPSA) is 34.1 Å². The minimum Gasteiger partial charge on any atom is -0.302 e. The van der Waals surface area contributed by atoms with Crippen LogP contribution in [0.1, 0.15) is 12.5 Å². The number of benzene rings is 1. The Kier molecular flexibility index (Phi) is 3.27. The summed E-state index contributed by atoms with van der Waals surface area (Å²) in [7, 11) is 0. The van der Waals surface area contributed by atoms with Crippen LogP contribution in [0, 0.1) is 0 Å². The fourth-order valence-electron chi connectivity index (χ4n) is 1.57. The van der Waals surface area contributed by atoms with Crippen molar-refractivity contribution in [3.63, 3.8) is 0 Å². The fourth-order valence-corrected chi connectivity index (χ4v) is 1.57. The van der Waals surface area contributed by atoms with Gasteiger partial charge in [0.1, 0.15) is 0 Å². The van der Waals surface area contributed by atoms with Crippen molar-refractivity contribution in [3.05, 3.63) is 42.2 Å². The Morgan fingerprint density at radius 2 is 2.27 bits per heavy atom. The fraction of sp³-hybridized carbons (Fsp3) is 0.250. The second-order valence-electron chi connectivity index (χ2n) is 3.27. The normalized spacial score (nSPS) is 10.7. The van der Waals surface area contributed by atoms with Crippen LogP contribution >= 0.6 is 0 Å². The molecule has 2 aromatic rings. The van der Waals surface area contributed by atoms with Gasteiger partial charge in [-0.3, -0.25) is 4.98 Å². The highest BCUT2D eigenvalue weighted by Crippen LogP contribution is 2.16. The molecule has 0 bridgehead atoms. The number of fused-ring (bicyclic) bond motifs is 1. The van der Waals surface area contributed by atoms with Crippen molar-refractivity contribution < 1.29 is 4.84 Å². The predicted molar refractivity (Wildman–Crippen MR) is 60.2 cm³/mol. The van der Waals surface area contributed by atoms with Gasteiger partial charge in [0.2, 0.25) is 0 Å². The molecule has 0 radical (unpaired) electrons. The minimum atomic E-state index is 0.673. The maximum Gasteiger partial charge on any atom is 0.0654 e.